The van der Waals surface area contributed by atoms with E-state index >= 15 is 0 Å². The fourth-order valence-electron chi connectivity index (χ4n) is 5.34. The third-order valence-electron chi connectivity index (χ3n) is 7.32. The molecule has 1 N–H and O–H groups in total. The Bertz CT molecular complexity index is 1290. The average Bonchev–Trinajstić information content (AvgIpc) is 3.32. The number of hydrogen-bond donors (Lipinski definition) is 1. The highest BCUT2D eigenvalue weighted by molar-refractivity contribution is 6.30. The average molecular weight is 518 g/mol. The Kier molecular flexibility index (Phi) is 7.89. The molecular formula is C30H32ClN3O3. The maximum Gasteiger partial charge on any atom is 0.335 e. The van der Waals surface area contributed by atoms with E-state index in [1.807, 2.05) is 24.3 Å². The standard InChI is InChI=1S/C30H32ClN3O3/c1-2-34(18-21-7-10-23(31)11-8-21)24-13-16-33(19-24)15-4-6-25-26-5-3-14-32-28(26)20-37-29-12-9-22(30(35)36)17-27(25)29/h3,5-12,14,17,24H,2,4,13,15-16,18-20H2,1H3,(H,35,36)/b25-6+/t24-/m1/s1. The lowest BCUT2D eigenvalue weighted by molar-refractivity contribution is 0.0697. The van der Waals surface area contributed by atoms with E-state index in [1.54, 1.807) is 24.4 Å². The normalized spacial score (nSPS) is 18.4. The van der Waals surface area contributed by atoms with Crippen LogP contribution < -0.4 is 4.74 Å². The summed E-state index contributed by atoms with van der Waals surface area (Å²) in [5.74, 6) is -0.253. The number of fused-ring (bicyclic) bond motifs is 2. The molecule has 0 spiro atoms. The van der Waals surface area contributed by atoms with Crippen LogP contribution in [0.25, 0.3) is 5.57 Å². The van der Waals surface area contributed by atoms with Crippen molar-refractivity contribution >= 4 is 23.1 Å². The number of nitrogens with zero attached hydrogens (tertiary/aromatic N) is 3. The van der Waals surface area contributed by atoms with Crippen LogP contribution in [0.5, 0.6) is 5.75 Å². The van der Waals surface area contributed by atoms with Gasteiger partial charge in [-0.1, -0.05) is 42.8 Å². The zero-order chi connectivity index (χ0) is 25.8. The monoisotopic (exact) mass is 517 g/mol. The number of carboxylic acid groups (broad SMARTS) is 1. The third-order valence-corrected chi connectivity index (χ3v) is 7.58. The van der Waals surface area contributed by atoms with Crippen LogP contribution in [-0.4, -0.2) is 58.1 Å². The number of aromatic carboxylic acids is 1. The molecule has 1 fully saturated rings. The van der Waals surface area contributed by atoms with Crippen LogP contribution in [0.3, 0.4) is 0 Å². The molecule has 0 aliphatic carbocycles. The molecule has 2 aliphatic rings. The van der Waals surface area contributed by atoms with Gasteiger partial charge >= 0.3 is 5.97 Å². The molecule has 2 aromatic carbocycles. The van der Waals surface area contributed by atoms with Gasteiger partial charge in [0.05, 0.1) is 11.3 Å². The van der Waals surface area contributed by atoms with Crippen molar-refractivity contribution in [1.82, 2.24) is 14.8 Å². The maximum absolute atomic E-state index is 11.7. The third kappa shape index (κ3) is 5.87. The Hall–Kier alpha value is -3.19. The van der Waals surface area contributed by atoms with E-state index in [4.69, 9.17) is 16.3 Å². The lowest BCUT2D eigenvalue weighted by Crippen LogP contribution is -2.37. The van der Waals surface area contributed by atoms with E-state index in [2.05, 4.69) is 39.9 Å². The van der Waals surface area contributed by atoms with Gasteiger partial charge in [0, 0.05) is 48.0 Å². The van der Waals surface area contributed by atoms with Gasteiger partial charge in [0.1, 0.15) is 12.4 Å². The molecule has 3 heterocycles. The fraction of sp³-hybridized carbons (Fsp3) is 0.333. The molecule has 1 saturated heterocycles. The minimum atomic E-state index is -0.944. The predicted octanol–water partition coefficient (Wildman–Crippen LogP) is 5.74. The van der Waals surface area contributed by atoms with Gasteiger partial charge in [-0.3, -0.25) is 9.88 Å². The summed E-state index contributed by atoms with van der Waals surface area (Å²) in [6.07, 6.45) is 6.00. The van der Waals surface area contributed by atoms with Crippen molar-refractivity contribution in [2.75, 3.05) is 26.2 Å². The van der Waals surface area contributed by atoms with Gasteiger partial charge in [-0.05, 0) is 73.5 Å². The summed E-state index contributed by atoms with van der Waals surface area (Å²) in [4.78, 5) is 21.3. The minimum absolute atomic E-state index is 0.253. The Morgan fingerprint density at radius 3 is 2.84 bits per heavy atom. The molecule has 192 valence electrons. The smallest absolute Gasteiger partial charge is 0.335 e. The maximum atomic E-state index is 11.7. The number of aromatic nitrogens is 1. The Morgan fingerprint density at radius 1 is 1.22 bits per heavy atom. The number of rotatable bonds is 8. The van der Waals surface area contributed by atoms with E-state index in [0.29, 0.717) is 18.4 Å². The summed E-state index contributed by atoms with van der Waals surface area (Å²) < 4.78 is 6.01. The van der Waals surface area contributed by atoms with Crippen molar-refractivity contribution in [2.45, 2.75) is 39.0 Å². The van der Waals surface area contributed by atoms with Gasteiger partial charge in [0.2, 0.25) is 0 Å². The summed E-state index contributed by atoms with van der Waals surface area (Å²) in [6, 6.07) is 17.7. The van der Waals surface area contributed by atoms with E-state index < -0.39 is 5.97 Å². The Labute approximate surface area is 223 Å². The van der Waals surface area contributed by atoms with Gasteiger partial charge < -0.3 is 14.7 Å². The summed E-state index contributed by atoms with van der Waals surface area (Å²) >= 11 is 6.06. The SMILES string of the molecule is CCN(Cc1ccc(Cl)cc1)[C@@H]1CCN(CC/C=C2/c3cc(C(=O)O)ccc3OCc3ncccc32)C1. The first-order valence-electron chi connectivity index (χ1n) is 12.9. The molecule has 3 aromatic rings. The zero-order valence-corrected chi connectivity index (χ0v) is 21.8. The number of pyridine rings is 1. The molecule has 0 bridgehead atoms. The molecule has 2 aliphatic heterocycles. The molecule has 37 heavy (non-hydrogen) atoms. The van der Waals surface area contributed by atoms with Gasteiger partial charge in [-0.15, -0.1) is 0 Å². The second-order valence-electron chi connectivity index (χ2n) is 9.64. The van der Waals surface area contributed by atoms with Crippen LogP contribution in [0.2, 0.25) is 5.02 Å². The molecule has 6 nitrogen and oxygen atoms in total. The van der Waals surface area contributed by atoms with Crippen LogP contribution in [0, 0.1) is 0 Å². The number of halogens is 1. The molecule has 0 unspecified atom stereocenters. The number of likely N-dealkylation sites (tertiary alicyclic amines) is 1. The van der Waals surface area contributed by atoms with Crippen molar-refractivity contribution < 1.29 is 14.6 Å². The number of carbonyl (C=O) groups is 1. The first kappa shape index (κ1) is 25.5. The number of likely N-dealkylation sites (N-methyl/N-ethyl adjacent to an activating group) is 1. The highest BCUT2D eigenvalue weighted by atomic mass is 35.5. The lowest BCUT2D eigenvalue weighted by atomic mass is 9.94. The van der Waals surface area contributed by atoms with E-state index in [1.165, 1.54) is 5.56 Å². The molecule has 0 amide bonds. The highest BCUT2D eigenvalue weighted by Crippen LogP contribution is 2.37. The molecule has 7 heteroatoms. The van der Waals surface area contributed by atoms with E-state index in [0.717, 1.165) is 73.0 Å². The second kappa shape index (κ2) is 11.5. The van der Waals surface area contributed by atoms with Crippen molar-refractivity contribution in [3.63, 3.8) is 0 Å². The number of ether oxygens (including phenoxy) is 1. The van der Waals surface area contributed by atoms with Crippen molar-refractivity contribution in [3.05, 3.63) is 99.8 Å². The van der Waals surface area contributed by atoms with Gasteiger partial charge in [0.15, 0.2) is 0 Å². The molecule has 1 aromatic heterocycles. The summed E-state index contributed by atoms with van der Waals surface area (Å²) in [5.41, 5.74) is 5.21. The van der Waals surface area contributed by atoms with Crippen molar-refractivity contribution in [3.8, 4) is 5.75 Å². The number of benzene rings is 2. The Balaban J connectivity index is 1.29. The predicted molar refractivity (Wildman–Crippen MR) is 146 cm³/mol. The minimum Gasteiger partial charge on any atom is -0.487 e. The van der Waals surface area contributed by atoms with E-state index in [-0.39, 0.29) is 5.56 Å². The van der Waals surface area contributed by atoms with Gasteiger partial charge in [0.25, 0.3) is 0 Å². The zero-order valence-electron chi connectivity index (χ0n) is 21.1. The summed E-state index contributed by atoms with van der Waals surface area (Å²) in [7, 11) is 0. The number of hydrogen-bond acceptors (Lipinski definition) is 5. The molecule has 1 atom stereocenters. The van der Waals surface area contributed by atoms with Crippen LogP contribution in [-0.2, 0) is 13.2 Å². The van der Waals surface area contributed by atoms with Crippen LogP contribution in [0.1, 0.15) is 52.5 Å². The van der Waals surface area contributed by atoms with Crippen LogP contribution in [0.15, 0.2) is 66.9 Å². The fourth-order valence-corrected chi connectivity index (χ4v) is 5.46. The molecule has 5 rings (SSSR count). The van der Waals surface area contributed by atoms with Crippen LogP contribution in [0.4, 0.5) is 0 Å². The van der Waals surface area contributed by atoms with Crippen molar-refractivity contribution in [2.24, 2.45) is 0 Å². The summed E-state index contributed by atoms with van der Waals surface area (Å²) in [6.45, 7) is 7.60. The lowest BCUT2D eigenvalue weighted by Gasteiger charge is -2.28. The van der Waals surface area contributed by atoms with Crippen LogP contribution >= 0.6 is 11.6 Å². The Morgan fingerprint density at radius 2 is 2.05 bits per heavy atom. The second-order valence-corrected chi connectivity index (χ2v) is 10.1. The largest absolute Gasteiger partial charge is 0.487 e. The first-order valence-corrected chi connectivity index (χ1v) is 13.3. The van der Waals surface area contributed by atoms with Gasteiger partial charge in [-0.25, -0.2) is 4.79 Å². The van der Waals surface area contributed by atoms with Crippen molar-refractivity contribution in [1.29, 1.82) is 0 Å². The summed E-state index contributed by atoms with van der Waals surface area (Å²) in [5, 5.41) is 10.3. The molecule has 0 radical (unpaired) electrons. The van der Waals surface area contributed by atoms with Gasteiger partial charge in [-0.2, -0.15) is 0 Å². The molecule has 0 saturated carbocycles. The quantitative estimate of drug-likeness (QED) is 0.411. The highest BCUT2D eigenvalue weighted by Gasteiger charge is 2.27. The first-order chi connectivity index (χ1) is 18.0. The topological polar surface area (TPSA) is 65.9 Å². The van der Waals surface area contributed by atoms with E-state index in [9.17, 15) is 9.90 Å². The molecular weight excluding hydrogens is 486 g/mol. The number of carboxylic acids is 1.